The van der Waals surface area contributed by atoms with Gasteiger partial charge >= 0.3 is 5.97 Å². The third-order valence-corrected chi connectivity index (χ3v) is 4.34. The van der Waals surface area contributed by atoms with Crippen LogP contribution in [0.4, 0.5) is 5.69 Å². The van der Waals surface area contributed by atoms with E-state index in [2.05, 4.69) is 5.32 Å². The number of carbonyl (C=O) groups excluding carboxylic acids is 2. The average molecular weight is 385 g/mol. The van der Waals surface area contributed by atoms with Gasteiger partial charge in [-0.15, -0.1) is 0 Å². The van der Waals surface area contributed by atoms with E-state index in [0.29, 0.717) is 11.1 Å². The molecule has 3 rings (SSSR count). The second kappa shape index (κ2) is 8.80. The highest BCUT2D eigenvalue weighted by Crippen LogP contribution is 2.21. The third-order valence-electron chi connectivity index (χ3n) is 4.34. The van der Waals surface area contributed by atoms with E-state index in [4.69, 9.17) is 0 Å². The summed E-state index contributed by atoms with van der Waals surface area (Å²) in [5, 5.41) is 12.1. The molecule has 0 aliphatic heterocycles. The molecule has 1 amide bonds. The molecular formula is C24H19NO4. The highest BCUT2D eigenvalue weighted by molar-refractivity contribution is 6.08. The summed E-state index contributed by atoms with van der Waals surface area (Å²) in [7, 11) is 0. The van der Waals surface area contributed by atoms with Crippen LogP contribution in [0.3, 0.4) is 0 Å². The molecule has 0 aliphatic rings. The molecule has 0 heterocycles. The third kappa shape index (κ3) is 5.05. The molecule has 0 saturated heterocycles. The number of carbonyl (C=O) groups is 3. The first-order valence-electron chi connectivity index (χ1n) is 8.97. The second-order valence-corrected chi connectivity index (χ2v) is 6.44. The molecular weight excluding hydrogens is 366 g/mol. The van der Waals surface area contributed by atoms with Crippen molar-refractivity contribution < 1.29 is 19.5 Å². The van der Waals surface area contributed by atoms with Crippen LogP contribution in [0.2, 0.25) is 0 Å². The van der Waals surface area contributed by atoms with Gasteiger partial charge in [0.2, 0.25) is 0 Å². The number of carboxylic acid groups (broad SMARTS) is 1. The molecule has 0 saturated carbocycles. The molecule has 0 bridgehead atoms. The number of amides is 1. The number of benzene rings is 3. The van der Waals surface area contributed by atoms with E-state index in [0.717, 1.165) is 11.1 Å². The van der Waals surface area contributed by atoms with Gasteiger partial charge in [-0.2, -0.15) is 0 Å². The predicted octanol–water partition coefficient (Wildman–Crippen LogP) is 5.01. The molecule has 0 spiro atoms. The van der Waals surface area contributed by atoms with Gasteiger partial charge in [-0.1, -0.05) is 60.7 Å². The normalized spacial score (nSPS) is 10.7. The number of aromatic carboxylic acids is 1. The van der Waals surface area contributed by atoms with Gasteiger partial charge in [0.1, 0.15) is 0 Å². The van der Waals surface area contributed by atoms with Crippen LogP contribution in [0.25, 0.3) is 12.2 Å². The van der Waals surface area contributed by atoms with Crippen molar-refractivity contribution >= 4 is 35.5 Å². The maximum absolute atomic E-state index is 12.4. The first-order valence-corrected chi connectivity index (χ1v) is 8.97. The Hall–Kier alpha value is -3.99. The molecule has 0 atom stereocenters. The van der Waals surface area contributed by atoms with Crippen molar-refractivity contribution in [3.05, 3.63) is 101 Å². The van der Waals surface area contributed by atoms with Gasteiger partial charge in [0, 0.05) is 11.1 Å². The fourth-order valence-corrected chi connectivity index (χ4v) is 2.76. The molecule has 144 valence electrons. The topological polar surface area (TPSA) is 83.5 Å². The van der Waals surface area contributed by atoms with E-state index in [9.17, 15) is 19.5 Å². The minimum Gasteiger partial charge on any atom is -0.478 e. The summed E-state index contributed by atoms with van der Waals surface area (Å²) in [6.07, 6.45) is 3.66. The molecule has 29 heavy (non-hydrogen) atoms. The zero-order chi connectivity index (χ0) is 20.8. The first-order chi connectivity index (χ1) is 13.9. The lowest BCUT2D eigenvalue weighted by molar-refractivity contribution is 0.0697. The zero-order valence-corrected chi connectivity index (χ0v) is 15.8. The van der Waals surface area contributed by atoms with Gasteiger partial charge in [0.05, 0.1) is 11.3 Å². The Morgan fingerprint density at radius 2 is 1.41 bits per heavy atom. The van der Waals surface area contributed by atoms with E-state index in [1.807, 2.05) is 24.3 Å². The van der Waals surface area contributed by atoms with Crippen LogP contribution in [-0.4, -0.2) is 22.8 Å². The summed E-state index contributed by atoms with van der Waals surface area (Å²) in [5.74, 6) is -1.50. The number of ketones is 1. The molecule has 0 unspecified atom stereocenters. The van der Waals surface area contributed by atoms with E-state index in [1.165, 1.54) is 13.0 Å². The summed E-state index contributed by atoms with van der Waals surface area (Å²) < 4.78 is 0. The van der Waals surface area contributed by atoms with E-state index < -0.39 is 5.97 Å². The van der Waals surface area contributed by atoms with Gasteiger partial charge in [0.25, 0.3) is 5.91 Å². The van der Waals surface area contributed by atoms with Crippen molar-refractivity contribution in [3.63, 3.8) is 0 Å². The SMILES string of the molecule is CC(=O)c1ccc(/C=C/c2ccc(C(=O)O)c(NC(=O)c3ccccc3)c2)cc1. The molecule has 3 aromatic rings. The van der Waals surface area contributed by atoms with Crippen LogP contribution in [0.5, 0.6) is 0 Å². The monoisotopic (exact) mass is 385 g/mol. The number of nitrogens with one attached hydrogen (secondary N) is 1. The minimum absolute atomic E-state index is 0.00332. The van der Waals surface area contributed by atoms with Crippen LogP contribution < -0.4 is 5.32 Å². The number of anilines is 1. The Morgan fingerprint density at radius 1 is 0.793 bits per heavy atom. The quantitative estimate of drug-likeness (QED) is 0.461. The summed E-state index contributed by atoms with van der Waals surface area (Å²) >= 11 is 0. The number of rotatable bonds is 6. The van der Waals surface area contributed by atoms with E-state index in [-0.39, 0.29) is 22.9 Å². The van der Waals surface area contributed by atoms with Crippen molar-refractivity contribution in [1.82, 2.24) is 0 Å². The molecule has 5 heteroatoms. The summed E-state index contributed by atoms with van der Waals surface area (Å²) in [6, 6.07) is 20.5. The lowest BCUT2D eigenvalue weighted by Crippen LogP contribution is -2.14. The van der Waals surface area contributed by atoms with Gasteiger partial charge in [-0.05, 0) is 42.3 Å². The molecule has 0 fully saturated rings. The first kappa shape index (κ1) is 19.8. The summed E-state index contributed by atoms with van der Waals surface area (Å²) in [5.41, 5.74) is 2.94. The lowest BCUT2D eigenvalue weighted by Gasteiger charge is -2.10. The summed E-state index contributed by atoms with van der Waals surface area (Å²) in [6.45, 7) is 1.51. The Balaban J connectivity index is 1.85. The van der Waals surface area contributed by atoms with Crippen LogP contribution in [-0.2, 0) is 0 Å². The predicted molar refractivity (Wildman–Crippen MR) is 113 cm³/mol. The average Bonchev–Trinajstić information content (AvgIpc) is 2.73. The highest BCUT2D eigenvalue weighted by atomic mass is 16.4. The van der Waals surface area contributed by atoms with Crippen molar-refractivity contribution in [2.45, 2.75) is 6.92 Å². The van der Waals surface area contributed by atoms with Crippen LogP contribution in [0, 0.1) is 0 Å². The maximum Gasteiger partial charge on any atom is 0.337 e. The van der Waals surface area contributed by atoms with Crippen LogP contribution in [0.1, 0.15) is 49.1 Å². The number of hydrogen-bond acceptors (Lipinski definition) is 3. The smallest absolute Gasteiger partial charge is 0.337 e. The molecule has 0 radical (unpaired) electrons. The van der Waals surface area contributed by atoms with Crippen LogP contribution in [0.15, 0.2) is 72.8 Å². The van der Waals surface area contributed by atoms with Crippen molar-refractivity contribution in [1.29, 1.82) is 0 Å². The van der Waals surface area contributed by atoms with Gasteiger partial charge in [-0.25, -0.2) is 4.79 Å². The van der Waals surface area contributed by atoms with E-state index >= 15 is 0 Å². The number of Topliss-reactive ketones (excluding diaryl/α,β-unsaturated/α-hetero) is 1. The zero-order valence-electron chi connectivity index (χ0n) is 15.8. The van der Waals surface area contributed by atoms with Crippen molar-refractivity contribution in [2.75, 3.05) is 5.32 Å². The molecule has 0 aliphatic carbocycles. The van der Waals surface area contributed by atoms with E-state index in [1.54, 1.807) is 54.6 Å². The van der Waals surface area contributed by atoms with Crippen molar-refractivity contribution in [3.8, 4) is 0 Å². The second-order valence-electron chi connectivity index (χ2n) is 6.44. The highest BCUT2D eigenvalue weighted by Gasteiger charge is 2.14. The Morgan fingerprint density at radius 3 is 2.03 bits per heavy atom. The van der Waals surface area contributed by atoms with Gasteiger partial charge in [0.15, 0.2) is 5.78 Å². The number of carboxylic acids is 1. The molecule has 0 aromatic heterocycles. The minimum atomic E-state index is -1.12. The van der Waals surface area contributed by atoms with Gasteiger partial charge < -0.3 is 10.4 Å². The molecule has 3 aromatic carbocycles. The Kier molecular flexibility index (Phi) is 6.00. The fourth-order valence-electron chi connectivity index (χ4n) is 2.76. The lowest BCUT2D eigenvalue weighted by atomic mass is 10.1. The van der Waals surface area contributed by atoms with Crippen LogP contribution >= 0.6 is 0 Å². The van der Waals surface area contributed by atoms with Crippen molar-refractivity contribution in [2.24, 2.45) is 0 Å². The Labute approximate surface area is 168 Å². The largest absolute Gasteiger partial charge is 0.478 e. The summed E-state index contributed by atoms with van der Waals surface area (Å²) in [4.78, 5) is 35.3. The fraction of sp³-hybridized carbons (Fsp3) is 0.0417. The van der Waals surface area contributed by atoms with Gasteiger partial charge in [-0.3, -0.25) is 9.59 Å². The Bertz CT molecular complexity index is 1080. The number of hydrogen-bond donors (Lipinski definition) is 2. The standard InChI is InChI=1S/C24H19NO4/c1-16(26)19-12-9-17(10-13-19)7-8-18-11-14-21(24(28)29)22(15-18)25-23(27)20-5-3-2-4-6-20/h2-15H,1H3,(H,25,27)(H,28,29)/b8-7+. The molecule has 2 N–H and O–H groups in total. The molecule has 5 nitrogen and oxygen atoms in total. The maximum atomic E-state index is 12.4.